The van der Waals surface area contributed by atoms with Crippen molar-refractivity contribution >= 4 is 5.95 Å². The molecule has 1 aliphatic carbocycles. The van der Waals surface area contributed by atoms with E-state index in [0.717, 1.165) is 17.4 Å². The van der Waals surface area contributed by atoms with Crippen LogP contribution in [0.2, 0.25) is 0 Å². The van der Waals surface area contributed by atoms with Gasteiger partial charge in [0.1, 0.15) is 5.75 Å². The van der Waals surface area contributed by atoms with Crippen LogP contribution in [-0.2, 0) is 0 Å². The van der Waals surface area contributed by atoms with Gasteiger partial charge in [-0.05, 0) is 37.5 Å². The zero-order chi connectivity index (χ0) is 12.5. The molecule has 1 aromatic carbocycles. The molecule has 0 atom stereocenters. The summed E-state index contributed by atoms with van der Waals surface area (Å²) in [5.41, 5.74) is 2.23. The van der Waals surface area contributed by atoms with Crippen LogP contribution in [0, 0.1) is 6.92 Å². The molecule has 18 heavy (non-hydrogen) atoms. The van der Waals surface area contributed by atoms with Gasteiger partial charge in [-0.15, -0.1) is 0 Å². The third kappa shape index (κ3) is 2.06. The number of hydrogen-bond acceptors (Lipinski definition) is 3. The van der Waals surface area contributed by atoms with E-state index in [1.165, 1.54) is 18.4 Å². The average molecular weight is 243 g/mol. The maximum atomic E-state index is 5.42. The minimum absolute atomic E-state index is 0.585. The molecule has 0 spiro atoms. The van der Waals surface area contributed by atoms with Crippen LogP contribution >= 0.6 is 0 Å². The minimum Gasteiger partial charge on any atom is -0.495 e. The van der Waals surface area contributed by atoms with Crippen LogP contribution in [0.25, 0.3) is 5.69 Å². The van der Waals surface area contributed by atoms with Crippen LogP contribution < -0.4 is 10.1 Å². The number of methoxy groups -OCH3 is 1. The minimum atomic E-state index is 0.585. The Labute approximate surface area is 107 Å². The summed E-state index contributed by atoms with van der Waals surface area (Å²) in [4.78, 5) is 4.37. The molecule has 3 rings (SSSR count). The van der Waals surface area contributed by atoms with Crippen LogP contribution in [0.4, 0.5) is 5.95 Å². The first kappa shape index (κ1) is 11.1. The molecule has 1 fully saturated rings. The van der Waals surface area contributed by atoms with E-state index in [4.69, 9.17) is 4.74 Å². The van der Waals surface area contributed by atoms with E-state index >= 15 is 0 Å². The van der Waals surface area contributed by atoms with E-state index in [9.17, 15) is 0 Å². The van der Waals surface area contributed by atoms with Crippen molar-refractivity contribution in [2.45, 2.75) is 25.8 Å². The van der Waals surface area contributed by atoms with Crippen LogP contribution in [0.3, 0.4) is 0 Å². The number of benzene rings is 1. The van der Waals surface area contributed by atoms with Crippen molar-refractivity contribution < 1.29 is 4.74 Å². The molecular weight excluding hydrogens is 226 g/mol. The molecule has 1 aliphatic rings. The number of aromatic nitrogens is 2. The van der Waals surface area contributed by atoms with Crippen molar-refractivity contribution in [3.8, 4) is 11.4 Å². The van der Waals surface area contributed by atoms with Gasteiger partial charge in [0.05, 0.1) is 12.8 Å². The highest BCUT2D eigenvalue weighted by Gasteiger charge is 2.23. The maximum absolute atomic E-state index is 5.42. The largest absolute Gasteiger partial charge is 0.495 e. The maximum Gasteiger partial charge on any atom is 0.207 e. The molecule has 4 nitrogen and oxygen atoms in total. The molecule has 4 heteroatoms. The third-order valence-electron chi connectivity index (χ3n) is 3.15. The number of aryl methyl sites for hydroxylation is 1. The van der Waals surface area contributed by atoms with E-state index in [1.807, 2.05) is 29.1 Å². The normalized spacial score (nSPS) is 14.6. The van der Waals surface area contributed by atoms with Crippen LogP contribution in [0.15, 0.2) is 30.6 Å². The van der Waals surface area contributed by atoms with E-state index in [0.29, 0.717) is 6.04 Å². The van der Waals surface area contributed by atoms with Crippen molar-refractivity contribution in [2.75, 3.05) is 12.4 Å². The lowest BCUT2D eigenvalue weighted by Crippen LogP contribution is -2.08. The Morgan fingerprint density at radius 2 is 2.22 bits per heavy atom. The van der Waals surface area contributed by atoms with Gasteiger partial charge in [0.15, 0.2) is 0 Å². The smallest absolute Gasteiger partial charge is 0.207 e. The van der Waals surface area contributed by atoms with E-state index < -0.39 is 0 Å². The molecular formula is C14H17N3O. The first-order chi connectivity index (χ1) is 8.78. The highest BCUT2D eigenvalue weighted by Crippen LogP contribution is 2.29. The topological polar surface area (TPSA) is 39.1 Å². The van der Waals surface area contributed by atoms with Gasteiger partial charge in [0.2, 0.25) is 5.95 Å². The van der Waals surface area contributed by atoms with E-state index in [-0.39, 0.29) is 0 Å². The second kappa shape index (κ2) is 4.37. The Hall–Kier alpha value is -1.97. The van der Waals surface area contributed by atoms with Gasteiger partial charge in [-0.1, -0.05) is 6.07 Å². The predicted molar refractivity (Wildman–Crippen MR) is 71.5 cm³/mol. The van der Waals surface area contributed by atoms with E-state index in [1.54, 1.807) is 7.11 Å². The third-order valence-corrected chi connectivity index (χ3v) is 3.15. The summed E-state index contributed by atoms with van der Waals surface area (Å²) in [6.07, 6.45) is 6.24. The summed E-state index contributed by atoms with van der Waals surface area (Å²) in [7, 11) is 1.69. The molecule has 0 aliphatic heterocycles. The first-order valence-electron chi connectivity index (χ1n) is 6.23. The molecule has 0 unspecified atom stereocenters. The van der Waals surface area contributed by atoms with Crippen molar-refractivity contribution in [3.05, 3.63) is 36.2 Å². The summed E-state index contributed by atoms with van der Waals surface area (Å²) in [6, 6.07) is 6.74. The second-order valence-corrected chi connectivity index (χ2v) is 4.71. The number of hydrogen-bond donors (Lipinski definition) is 1. The van der Waals surface area contributed by atoms with Gasteiger partial charge in [-0.25, -0.2) is 4.98 Å². The molecule has 0 bridgehead atoms. The van der Waals surface area contributed by atoms with Crippen molar-refractivity contribution in [1.82, 2.24) is 9.55 Å². The predicted octanol–water partition coefficient (Wildman–Crippen LogP) is 2.76. The molecule has 0 radical (unpaired) electrons. The SMILES string of the molecule is COc1ccc(C)cc1-n1ccnc1NC1CC1. The Morgan fingerprint density at radius 1 is 1.39 bits per heavy atom. The van der Waals surface area contributed by atoms with Gasteiger partial charge >= 0.3 is 0 Å². The molecule has 1 aromatic heterocycles. The highest BCUT2D eigenvalue weighted by molar-refractivity contribution is 5.53. The number of nitrogens with zero attached hydrogens (tertiary/aromatic N) is 2. The van der Waals surface area contributed by atoms with Crippen molar-refractivity contribution in [3.63, 3.8) is 0 Å². The standard InChI is InChI=1S/C14H17N3O/c1-10-3-6-13(18-2)12(9-10)17-8-7-15-14(17)16-11-4-5-11/h3,6-9,11H,4-5H2,1-2H3,(H,15,16). The summed E-state index contributed by atoms with van der Waals surface area (Å²) in [5.74, 6) is 1.75. The summed E-state index contributed by atoms with van der Waals surface area (Å²) in [5, 5.41) is 3.43. The molecule has 0 amide bonds. The van der Waals surface area contributed by atoms with Gasteiger partial charge in [0.25, 0.3) is 0 Å². The van der Waals surface area contributed by atoms with Crippen LogP contribution in [0.1, 0.15) is 18.4 Å². The number of rotatable bonds is 4. The Morgan fingerprint density at radius 3 is 2.94 bits per heavy atom. The highest BCUT2D eigenvalue weighted by atomic mass is 16.5. The molecule has 1 saturated carbocycles. The average Bonchev–Trinajstić information content (AvgIpc) is 3.06. The fourth-order valence-electron chi connectivity index (χ4n) is 2.00. The zero-order valence-electron chi connectivity index (χ0n) is 10.7. The molecule has 1 N–H and O–H groups in total. The van der Waals surface area contributed by atoms with Gasteiger partial charge in [-0.2, -0.15) is 0 Å². The number of imidazole rings is 1. The van der Waals surface area contributed by atoms with Gasteiger partial charge < -0.3 is 10.1 Å². The molecule has 94 valence electrons. The Kier molecular flexibility index (Phi) is 2.70. The lowest BCUT2D eigenvalue weighted by molar-refractivity contribution is 0.413. The monoisotopic (exact) mass is 243 g/mol. The summed E-state index contributed by atoms with van der Waals surface area (Å²) >= 11 is 0. The lowest BCUT2D eigenvalue weighted by atomic mass is 10.2. The Balaban J connectivity index is 2.02. The van der Waals surface area contributed by atoms with E-state index in [2.05, 4.69) is 23.3 Å². The lowest BCUT2D eigenvalue weighted by Gasteiger charge is -2.13. The van der Waals surface area contributed by atoms with Crippen molar-refractivity contribution in [2.24, 2.45) is 0 Å². The van der Waals surface area contributed by atoms with Crippen molar-refractivity contribution in [1.29, 1.82) is 0 Å². The Bertz CT molecular complexity index is 558. The van der Waals surface area contributed by atoms with Gasteiger partial charge in [0, 0.05) is 18.4 Å². The quantitative estimate of drug-likeness (QED) is 0.897. The number of nitrogens with one attached hydrogen (secondary N) is 1. The molecule has 0 saturated heterocycles. The molecule has 2 aromatic rings. The van der Waals surface area contributed by atoms with Crippen LogP contribution in [-0.4, -0.2) is 22.7 Å². The zero-order valence-corrected chi connectivity index (χ0v) is 10.7. The summed E-state index contributed by atoms with van der Waals surface area (Å²) in [6.45, 7) is 2.08. The second-order valence-electron chi connectivity index (χ2n) is 4.71. The van der Waals surface area contributed by atoms with Crippen LogP contribution in [0.5, 0.6) is 5.75 Å². The number of anilines is 1. The fourth-order valence-corrected chi connectivity index (χ4v) is 2.00. The first-order valence-corrected chi connectivity index (χ1v) is 6.23. The number of ether oxygens (including phenoxy) is 1. The fraction of sp³-hybridized carbons (Fsp3) is 0.357. The summed E-state index contributed by atoms with van der Waals surface area (Å²) < 4.78 is 7.47. The molecule has 1 heterocycles. The van der Waals surface area contributed by atoms with Gasteiger partial charge in [-0.3, -0.25) is 4.57 Å².